The van der Waals surface area contributed by atoms with Crippen molar-refractivity contribution in [3.8, 4) is 5.75 Å². The number of hydrogen-bond donors (Lipinski definition) is 1. The molecule has 1 aliphatic heterocycles. The fraction of sp³-hybridized carbons (Fsp3) is 0.600. The fourth-order valence-electron chi connectivity index (χ4n) is 2.62. The smallest absolute Gasteiger partial charge is 0.123 e. The normalized spacial score (nSPS) is 20.9. The number of hydrogen-bond acceptors (Lipinski definition) is 3. The molecule has 1 aliphatic rings. The van der Waals surface area contributed by atoms with Gasteiger partial charge in [-0.05, 0) is 32.4 Å². The van der Waals surface area contributed by atoms with Crippen molar-refractivity contribution in [1.82, 2.24) is 4.90 Å². The Hall–Kier alpha value is -1.06. The second-order valence-corrected chi connectivity index (χ2v) is 4.84. The fourth-order valence-corrected chi connectivity index (χ4v) is 2.62. The molecule has 1 N–H and O–H groups in total. The molecule has 0 bridgehead atoms. The van der Waals surface area contributed by atoms with E-state index >= 15 is 0 Å². The van der Waals surface area contributed by atoms with Crippen molar-refractivity contribution >= 4 is 0 Å². The monoisotopic (exact) mass is 249 g/mol. The van der Waals surface area contributed by atoms with Gasteiger partial charge in [-0.25, -0.2) is 0 Å². The molecule has 3 nitrogen and oxygen atoms in total. The third kappa shape index (κ3) is 3.24. The molecule has 0 spiro atoms. The molecule has 0 radical (unpaired) electrons. The van der Waals surface area contributed by atoms with Crippen LogP contribution in [0.1, 0.15) is 31.7 Å². The van der Waals surface area contributed by atoms with Crippen LogP contribution in [0.2, 0.25) is 0 Å². The first-order valence-corrected chi connectivity index (χ1v) is 6.90. The number of benzene rings is 1. The van der Waals surface area contributed by atoms with Crippen LogP contribution in [0, 0.1) is 0 Å². The van der Waals surface area contributed by atoms with Crippen molar-refractivity contribution < 1.29 is 9.84 Å². The molecule has 1 saturated heterocycles. The number of nitrogens with zero attached hydrogens (tertiary/aromatic N) is 1. The van der Waals surface area contributed by atoms with E-state index in [2.05, 4.69) is 17.0 Å². The second kappa shape index (κ2) is 6.76. The molecule has 0 saturated carbocycles. The third-order valence-electron chi connectivity index (χ3n) is 3.61. The Kier molecular flexibility index (Phi) is 5.02. The molecule has 0 amide bonds. The maximum absolute atomic E-state index is 9.44. The Bertz CT molecular complexity index is 367. The average Bonchev–Trinajstić information content (AvgIpc) is 2.42. The minimum Gasteiger partial charge on any atom is -0.494 e. The number of aliphatic hydroxyl groups excluding tert-OH is 1. The summed E-state index contributed by atoms with van der Waals surface area (Å²) in [4.78, 5) is 2.38. The van der Waals surface area contributed by atoms with Crippen LogP contribution in [-0.4, -0.2) is 35.8 Å². The number of ether oxygens (including phenoxy) is 1. The average molecular weight is 249 g/mol. The topological polar surface area (TPSA) is 32.7 Å². The summed E-state index contributed by atoms with van der Waals surface area (Å²) in [5.41, 5.74) is 1.22. The molecule has 1 heterocycles. The molecule has 0 aromatic heterocycles. The summed E-state index contributed by atoms with van der Waals surface area (Å²) in [5, 5.41) is 9.44. The van der Waals surface area contributed by atoms with Crippen LogP contribution < -0.4 is 4.74 Å². The lowest BCUT2D eigenvalue weighted by molar-refractivity contribution is 0.0832. The summed E-state index contributed by atoms with van der Waals surface area (Å²) >= 11 is 0. The molecule has 18 heavy (non-hydrogen) atoms. The number of rotatable bonds is 5. The van der Waals surface area contributed by atoms with Crippen LogP contribution in [0.3, 0.4) is 0 Å². The lowest BCUT2D eigenvalue weighted by Crippen LogP contribution is -2.41. The standard InChI is InChI=1S/C15H23NO2/c1-2-18-15-9-4-3-7-13(15)11-16-10-6-5-8-14(16)12-17/h3-4,7,9,14,17H,2,5-6,8,10-12H2,1H3. The van der Waals surface area contributed by atoms with Gasteiger partial charge in [-0.1, -0.05) is 24.6 Å². The van der Waals surface area contributed by atoms with E-state index in [0.717, 1.165) is 25.3 Å². The minimum absolute atomic E-state index is 0.261. The van der Waals surface area contributed by atoms with Gasteiger partial charge in [0, 0.05) is 18.2 Å². The van der Waals surface area contributed by atoms with Crippen molar-refractivity contribution in [3.63, 3.8) is 0 Å². The summed E-state index contributed by atoms with van der Waals surface area (Å²) in [7, 11) is 0. The van der Waals surface area contributed by atoms with Crippen LogP contribution in [-0.2, 0) is 6.54 Å². The second-order valence-electron chi connectivity index (χ2n) is 4.84. The van der Waals surface area contributed by atoms with Crippen LogP contribution in [0.15, 0.2) is 24.3 Å². The third-order valence-corrected chi connectivity index (χ3v) is 3.61. The molecule has 0 aliphatic carbocycles. The van der Waals surface area contributed by atoms with Crippen molar-refractivity contribution in [2.75, 3.05) is 19.8 Å². The Balaban J connectivity index is 2.07. The molecule has 3 heteroatoms. The molecular formula is C15H23NO2. The molecule has 1 unspecified atom stereocenters. The summed E-state index contributed by atoms with van der Waals surface area (Å²) in [6, 6.07) is 8.52. The Morgan fingerprint density at radius 2 is 2.17 bits per heavy atom. The Morgan fingerprint density at radius 1 is 1.33 bits per heavy atom. The van der Waals surface area contributed by atoms with Gasteiger partial charge in [-0.3, -0.25) is 4.90 Å². The van der Waals surface area contributed by atoms with E-state index in [-0.39, 0.29) is 6.61 Å². The van der Waals surface area contributed by atoms with E-state index in [9.17, 15) is 5.11 Å². The predicted octanol–water partition coefficient (Wildman–Crippen LogP) is 2.43. The molecule has 1 aromatic rings. The first-order valence-electron chi connectivity index (χ1n) is 6.90. The highest BCUT2D eigenvalue weighted by Gasteiger charge is 2.22. The number of aliphatic hydroxyl groups is 1. The van der Waals surface area contributed by atoms with Gasteiger partial charge >= 0.3 is 0 Å². The Morgan fingerprint density at radius 3 is 2.94 bits per heavy atom. The van der Waals surface area contributed by atoms with E-state index in [1.807, 2.05) is 19.1 Å². The van der Waals surface area contributed by atoms with Gasteiger partial charge in [-0.15, -0.1) is 0 Å². The van der Waals surface area contributed by atoms with E-state index < -0.39 is 0 Å². The molecule has 1 atom stereocenters. The van der Waals surface area contributed by atoms with E-state index in [1.54, 1.807) is 0 Å². The van der Waals surface area contributed by atoms with Gasteiger partial charge in [0.1, 0.15) is 5.75 Å². The maximum Gasteiger partial charge on any atom is 0.123 e. The van der Waals surface area contributed by atoms with Crippen molar-refractivity contribution in [3.05, 3.63) is 29.8 Å². The predicted molar refractivity (Wildman–Crippen MR) is 72.7 cm³/mol. The molecule has 2 rings (SSSR count). The van der Waals surface area contributed by atoms with Crippen LogP contribution in [0.25, 0.3) is 0 Å². The first-order chi connectivity index (χ1) is 8.85. The zero-order valence-electron chi connectivity index (χ0n) is 11.1. The van der Waals surface area contributed by atoms with Crippen LogP contribution in [0.5, 0.6) is 5.75 Å². The SMILES string of the molecule is CCOc1ccccc1CN1CCCCC1CO. The van der Waals surface area contributed by atoms with E-state index in [0.29, 0.717) is 12.6 Å². The maximum atomic E-state index is 9.44. The van der Waals surface area contributed by atoms with Gasteiger partial charge in [0.2, 0.25) is 0 Å². The molecular weight excluding hydrogens is 226 g/mol. The lowest BCUT2D eigenvalue weighted by Gasteiger charge is -2.34. The van der Waals surface area contributed by atoms with E-state index in [4.69, 9.17) is 4.74 Å². The highest BCUT2D eigenvalue weighted by molar-refractivity contribution is 5.33. The zero-order valence-corrected chi connectivity index (χ0v) is 11.1. The summed E-state index contributed by atoms with van der Waals surface area (Å²) < 4.78 is 5.66. The van der Waals surface area contributed by atoms with Gasteiger partial charge in [0.25, 0.3) is 0 Å². The van der Waals surface area contributed by atoms with Crippen LogP contribution in [0.4, 0.5) is 0 Å². The Labute approximate surface area is 109 Å². The van der Waals surface area contributed by atoms with Gasteiger partial charge < -0.3 is 9.84 Å². The van der Waals surface area contributed by atoms with Crippen molar-refractivity contribution in [2.45, 2.75) is 38.8 Å². The van der Waals surface area contributed by atoms with Gasteiger partial charge in [0.15, 0.2) is 0 Å². The molecule has 1 aromatic carbocycles. The molecule has 100 valence electrons. The lowest BCUT2D eigenvalue weighted by atomic mass is 10.0. The van der Waals surface area contributed by atoms with Gasteiger partial charge in [0.05, 0.1) is 13.2 Å². The van der Waals surface area contributed by atoms with E-state index in [1.165, 1.54) is 18.4 Å². The highest BCUT2D eigenvalue weighted by Crippen LogP contribution is 2.24. The minimum atomic E-state index is 0.261. The zero-order chi connectivity index (χ0) is 12.8. The summed E-state index contributed by atoms with van der Waals surface area (Å²) in [6.45, 7) is 4.92. The molecule has 1 fully saturated rings. The number of para-hydroxylation sites is 1. The van der Waals surface area contributed by atoms with Crippen molar-refractivity contribution in [2.24, 2.45) is 0 Å². The first kappa shape index (κ1) is 13.4. The van der Waals surface area contributed by atoms with Crippen molar-refractivity contribution in [1.29, 1.82) is 0 Å². The number of piperidine rings is 1. The number of likely N-dealkylation sites (tertiary alicyclic amines) is 1. The summed E-state index contributed by atoms with van der Waals surface area (Å²) in [5.74, 6) is 0.974. The quantitative estimate of drug-likeness (QED) is 0.870. The largest absolute Gasteiger partial charge is 0.494 e. The van der Waals surface area contributed by atoms with Gasteiger partial charge in [-0.2, -0.15) is 0 Å². The van der Waals surface area contributed by atoms with Crippen LogP contribution >= 0.6 is 0 Å². The highest BCUT2D eigenvalue weighted by atomic mass is 16.5. The summed E-state index contributed by atoms with van der Waals surface area (Å²) in [6.07, 6.45) is 3.56.